The molecular formula is C9H10ClN3O2. The topological polar surface area (TPSA) is 67.5 Å². The molecule has 0 aliphatic rings. The first-order chi connectivity index (χ1) is 6.58. The van der Waals surface area contributed by atoms with Gasteiger partial charge in [0, 0.05) is 17.5 Å². The fourth-order valence-corrected chi connectivity index (χ4v) is 1.39. The second-order valence-corrected chi connectivity index (χ2v) is 3.14. The largest absolute Gasteiger partial charge is 0.476 e. The Morgan fingerprint density at radius 1 is 1.40 bits per heavy atom. The molecule has 6 heteroatoms. The van der Waals surface area contributed by atoms with Crippen molar-refractivity contribution in [2.75, 3.05) is 0 Å². The van der Waals surface area contributed by atoms with Gasteiger partial charge in [0.05, 0.1) is 0 Å². The van der Waals surface area contributed by atoms with Gasteiger partial charge < -0.3 is 5.11 Å². The number of hydrogen-bond acceptors (Lipinski definition) is 3. The van der Waals surface area contributed by atoms with E-state index in [0.29, 0.717) is 5.65 Å². The van der Waals surface area contributed by atoms with Crippen molar-refractivity contribution in [3.05, 3.63) is 29.2 Å². The van der Waals surface area contributed by atoms with Crippen LogP contribution >= 0.6 is 12.4 Å². The van der Waals surface area contributed by atoms with Crippen LogP contribution in [0.4, 0.5) is 0 Å². The lowest BCUT2D eigenvalue weighted by molar-refractivity contribution is 0.0690. The van der Waals surface area contributed by atoms with E-state index in [2.05, 4.69) is 10.1 Å². The van der Waals surface area contributed by atoms with Crippen LogP contribution in [0.25, 0.3) is 5.65 Å². The zero-order chi connectivity index (χ0) is 10.3. The van der Waals surface area contributed by atoms with E-state index in [-0.39, 0.29) is 18.1 Å². The molecule has 1 N–H and O–H groups in total. The average molecular weight is 228 g/mol. The summed E-state index contributed by atoms with van der Waals surface area (Å²) in [6.07, 6.45) is 0. The first-order valence-corrected chi connectivity index (χ1v) is 4.15. The van der Waals surface area contributed by atoms with Gasteiger partial charge in [-0.05, 0) is 19.9 Å². The van der Waals surface area contributed by atoms with E-state index in [1.54, 1.807) is 0 Å². The molecule has 0 saturated carbocycles. The van der Waals surface area contributed by atoms with Gasteiger partial charge in [-0.25, -0.2) is 14.3 Å². The third-order valence-electron chi connectivity index (χ3n) is 1.95. The third kappa shape index (κ3) is 1.92. The van der Waals surface area contributed by atoms with Crippen LogP contribution in [-0.2, 0) is 0 Å². The summed E-state index contributed by atoms with van der Waals surface area (Å²) < 4.78 is 1.52. The van der Waals surface area contributed by atoms with Crippen LogP contribution in [0.1, 0.15) is 21.9 Å². The fourth-order valence-electron chi connectivity index (χ4n) is 1.39. The summed E-state index contributed by atoms with van der Waals surface area (Å²) >= 11 is 0. The van der Waals surface area contributed by atoms with Gasteiger partial charge >= 0.3 is 5.97 Å². The quantitative estimate of drug-likeness (QED) is 0.801. The lowest BCUT2D eigenvalue weighted by Crippen LogP contribution is -2.00. The zero-order valence-electron chi connectivity index (χ0n) is 8.26. The minimum absolute atomic E-state index is 0. The van der Waals surface area contributed by atoms with E-state index in [1.165, 1.54) is 10.6 Å². The van der Waals surface area contributed by atoms with Crippen LogP contribution in [-0.4, -0.2) is 25.7 Å². The Labute approximate surface area is 92.2 Å². The number of aromatic nitrogens is 3. The van der Waals surface area contributed by atoms with Gasteiger partial charge in [0.15, 0.2) is 11.3 Å². The summed E-state index contributed by atoms with van der Waals surface area (Å²) in [6, 6.07) is 3.31. The lowest BCUT2D eigenvalue weighted by Gasteiger charge is -1.98. The van der Waals surface area contributed by atoms with Crippen LogP contribution in [0.3, 0.4) is 0 Å². The van der Waals surface area contributed by atoms with Crippen molar-refractivity contribution in [1.29, 1.82) is 0 Å². The normalized spacial score (nSPS) is 10.0. The minimum Gasteiger partial charge on any atom is -0.476 e. The summed E-state index contributed by atoms with van der Waals surface area (Å²) in [5.74, 6) is -1.03. The number of carboxylic acids is 1. The highest BCUT2D eigenvalue weighted by molar-refractivity contribution is 5.86. The molecule has 0 amide bonds. The fraction of sp³-hybridized carbons (Fsp3) is 0.222. The molecule has 15 heavy (non-hydrogen) atoms. The molecule has 0 bridgehead atoms. The van der Waals surface area contributed by atoms with Crippen LogP contribution in [0.2, 0.25) is 0 Å². The third-order valence-corrected chi connectivity index (χ3v) is 1.95. The summed E-state index contributed by atoms with van der Waals surface area (Å²) in [4.78, 5) is 14.8. The number of fused-ring (bicyclic) bond motifs is 1. The standard InChI is InChI=1S/C9H9N3O2.ClH/c1-5-3-6(2)12-8(10-5)4-7(11-12)9(13)14;/h3-4H,1-2H3,(H,13,14);1H. The number of rotatable bonds is 1. The first-order valence-electron chi connectivity index (χ1n) is 4.15. The van der Waals surface area contributed by atoms with Gasteiger partial charge in [-0.2, -0.15) is 5.10 Å². The number of carboxylic acid groups (broad SMARTS) is 1. The van der Waals surface area contributed by atoms with Crippen molar-refractivity contribution >= 4 is 24.0 Å². The molecule has 0 aliphatic heterocycles. The van der Waals surface area contributed by atoms with E-state index < -0.39 is 5.97 Å². The first kappa shape index (κ1) is 11.5. The van der Waals surface area contributed by atoms with E-state index in [9.17, 15) is 4.79 Å². The smallest absolute Gasteiger partial charge is 0.356 e. The summed E-state index contributed by atoms with van der Waals surface area (Å²) in [7, 11) is 0. The molecule has 0 saturated heterocycles. The van der Waals surface area contributed by atoms with Crippen molar-refractivity contribution in [2.45, 2.75) is 13.8 Å². The van der Waals surface area contributed by atoms with E-state index in [4.69, 9.17) is 5.11 Å². The average Bonchev–Trinajstić information content (AvgIpc) is 2.47. The monoisotopic (exact) mass is 227 g/mol. The van der Waals surface area contributed by atoms with Gasteiger partial charge in [0.2, 0.25) is 0 Å². The predicted molar refractivity (Wildman–Crippen MR) is 56.7 cm³/mol. The van der Waals surface area contributed by atoms with Gasteiger partial charge in [0.1, 0.15) is 0 Å². The molecular weight excluding hydrogens is 218 g/mol. The van der Waals surface area contributed by atoms with Crippen LogP contribution in [0, 0.1) is 13.8 Å². The second-order valence-electron chi connectivity index (χ2n) is 3.14. The van der Waals surface area contributed by atoms with Gasteiger partial charge in [-0.3, -0.25) is 0 Å². The van der Waals surface area contributed by atoms with Gasteiger partial charge in [-0.1, -0.05) is 0 Å². The Morgan fingerprint density at radius 2 is 2.07 bits per heavy atom. The predicted octanol–water partition coefficient (Wildman–Crippen LogP) is 1.47. The molecule has 5 nitrogen and oxygen atoms in total. The molecule has 2 aromatic heterocycles. The number of aromatic carboxylic acids is 1. The Balaban J connectivity index is 0.00000112. The van der Waals surface area contributed by atoms with Crippen molar-refractivity contribution in [3.63, 3.8) is 0 Å². The number of aryl methyl sites for hydroxylation is 2. The highest BCUT2D eigenvalue weighted by Gasteiger charge is 2.10. The molecule has 2 rings (SSSR count). The molecule has 0 aromatic carbocycles. The van der Waals surface area contributed by atoms with Crippen molar-refractivity contribution < 1.29 is 9.90 Å². The van der Waals surface area contributed by atoms with Gasteiger partial charge in [-0.15, -0.1) is 12.4 Å². The maximum absolute atomic E-state index is 10.7. The van der Waals surface area contributed by atoms with Crippen molar-refractivity contribution in [2.24, 2.45) is 0 Å². The van der Waals surface area contributed by atoms with Crippen molar-refractivity contribution in [3.8, 4) is 0 Å². The zero-order valence-corrected chi connectivity index (χ0v) is 9.08. The number of nitrogens with zero attached hydrogens (tertiary/aromatic N) is 3. The molecule has 2 heterocycles. The summed E-state index contributed by atoms with van der Waals surface area (Å²) in [6.45, 7) is 3.72. The Kier molecular flexibility index (Phi) is 2.95. The van der Waals surface area contributed by atoms with E-state index >= 15 is 0 Å². The molecule has 0 spiro atoms. The van der Waals surface area contributed by atoms with Crippen LogP contribution in [0.5, 0.6) is 0 Å². The highest BCUT2D eigenvalue weighted by Crippen LogP contribution is 2.08. The van der Waals surface area contributed by atoms with Crippen LogP contribution < -0.4 is 0 Å². The lowest BCUT2D eigenvalue weighted by atomic mass is 10.3. The molecule has 0 radical (unpaired) electrons. The minimum atomic E-state index is -1.03. The number of halogens is 1. The summed E-state index contributed by atoms with van der Waals surface area (Å²) in [5, 5.41) is 12.6. The van der Waals surface area contributed by atoms with E-state index in [1.807, 2.05) is 19.9 Å². The molecule has 0 atom stereocenters. The van der Waals surface area contributed by atoms with Crippen LogP contribution in [0.15, 0.2) is 12.1 Å². The van der Waals surface area contributed by atoms with Gasteiger partial charge in [0.25, 0.3) is 0 Å². The van der Waals surface area contributed by atoms with E-state index in [0.717, 1.165) is 11.4 Å². The summed E-state index contributed by atoms with van der Waals surface area (Å²) in [5.41, 5.74) is 2.32. The Bertz CT molecular complexity index is 521. The number of hydrogen-bond donors (Lipinski definition) is 1. The second kappa shape index (κ2) is 3.86. The highest BCUT2D eigenvalue weighted by atomic mass is 35.5. The maximum atomic E-state index is 10.7. The van der Waals surface area contributed by atoms with Crippen molar-refractivity contribution in [1.82, 2.24) is 14.6 Å². The Morgan fingerprint density at radius 3 is 2.67 bits per heavy atom. The Hall–Kier alpha value is -1.62. The molecule has 0 fully saturated rings. The SMILES string of the molecule is Cc1cc(C)n2nc(C(=O)O)cc2n1.Cl. The maximum Gasteiger partial charge on any atom is 0.356 e. The molecule has 0 aliphatic carbocycles. The number of carbonyl (C=O) groups is 1. The molecule has 2 aromatic rings. The molecule has 80 valence electrons. The molecule has 0 unspecified atom stereocenters.